The van der Waals surface area contributed by atoms with Gasteiger partial charge >= 0.3 is 167 Å². The van der Waals surface area contributed by atoms with Crippen LogP contribution in [0.3, 0.4) is 0 Å². The third-order valence-electron chi connectivity index (χ3n) is 5.30. The van der Waals surface area contributed by atoms with E-state index in [-0.39, 0.29) is 6.09 Å². The van der Waals surface area contributed by atoms with Crippen LogP contribution in [0.1, 0.15) is 86.5 Å². The third kappa shape index (κ3) is 7.82. The molecule has 0 atom stereocenters. The van der Waals surface area contributed by atoms with Crippen molar-refractivity contribution in [1.82, 2.24) is 4.90 Å². The fourth-order valence-corrected chi connectivity index (χ4v) is 20.3. The van der Waals surface area contributed by atoms with E-state index >= 15 is 0 Å². The zero-order chi connectivity index (χ0) is 19.6. The number of ether oxygens (including phenoxy) is 1. The van der Waals surface area contributed by atoms with Crippen molar-refractivity contribution in [3.05, 3.63) is 16.2 Å². The van der Waals surface area contributed by atoms with Gasteiger partial charge < -0.3 is 0 Å². The van der Waals surface area contributed by atoms with E-state index in [1.165, 1.54) is 51.8 Å². The maximum absolute atomic E-state index is 12.3. The molecular formula is C22H41NO2Sn. The van der Waals surface area contributed by atoms with Gasteiger partial charge in [0, 0.05) is 0 Å². The topological polar surface area (TPSA) is 29.5 Å². The van der Waals surface area contributed by atoms with Gasteiger partial charge in [0.15, 0.2) is 0 Å². The Kier molecular flexibility index (Phi) is 10.6. The molecule has 4 heteroatoms. The minimum absolute atomic E-state index is 0.260. The summed E-state index contributed by atoms with van der Waals surface area (Å²) in [6.07, 6.45) is 11.0. The summed E-state index contributed by atoms with van der Waals surface area (Å²) in [6, 6.07) is 0. The second-order valence-electron chi connectivity index (χ2n) is 8.75. The Balaban J connectivity index is 2.90. The first-order valence-corrected chi connectivity index (χ1v) is 18.2. The summed E-state index contributed by atoms with van der Waals surface area (Å²) in [7, 11) is 0. The molecule has 1 aliphatic heterocycles. The molecule has 1 rings (SSSR count). The van der Waals surface area contributed by atoms with E-state index in [0.717, 1.165) is 6.42 Å². The van der Waals surface area contributed by atoms with Crippen LogP contribution in [-0.2, 0) is 4.74 Å². The first-order chi connectivity index (χ1) is 12.3. The van der Waals surface area contributed by atoms with Crippen molar-refractivity contribution in [3.8, 4) is 0 Å². The molecule has 1 aliphatic rings. The van der Waals surface area contributed by atoms with Gasteiger partial charge in [0.2, 0.25) is 0 Å². The zero-order valence-electron chi connectivity index (χ0n) is 18.1. The molecule has 0 aromatic rings. The zero-order valence-corrected chi connectivity index (χ0v) is 21.0. The first-order valence-electron chi connectivity index (χ1n) is 10.7. The molecule has 0 fully saturated rings. The number of hydrogen-bond acceptors (Lipinski definition) is 2. The van der Waals surface area contributed by atoms with Crippen LogP contribution in [0.2, 0.25) is 13.3 Å². The van der Waals surface area contributed by atoms with Gasteiger partial charge in [-0.2, -0.15) is 0 Å². The van der Waals surface area contributed by atoms with E-state index in [2.05, 4.69) is 33.4 Å². The summed E-state index contributed by atoms with van der Waals surface area (Å²) in [5.41, 5.74) is -0.449. The van der Waals surface area contributed by atoms with E-state index in [9.17, 15) is 4.79 Å². The molecule has 0 saturated heterocycles. The van der Waals surface area contributed by atoms with Crippen molar-refractivity contribution in [2.24, 2.45) is 0 Å². The van der Waals surface area contributed by atoms with Crippen molar-refractivity contribution >= 4 is 24.5 Å². The monoisotopic (exact) mass is 471 g/mol. The Morgan fingerprint density at radius 2 is 1.58 bits per heavy atom. The molecule has 0 bridgehead atoms. The summed E-state index contributed by atoms with van der Waals surface area (Å²) in [4.78, 5) is 14.0. The molecule has 3 nitrogen and oxygen atoms in total. The Morgan fingerprint density at radius 3 is 1.92 bits per heavy atom. The van der Waals surface area contributed by atoms with Crippen LogP contribution in [-0.4, -0.2) is 41.5 Å². The van der Waals surface area contributed by atoms with E-state index in [1.54, 1.807) is 8.49 Å². The fraction of sp³-hybridized carbons (Fsp3) is 0.818. The van der Waals surface area contributed by atoms with Gasteiger partial charge in [-0.3, -0.25) is 0 Å². The predicted molar refractivity (Wildman–Crippen MR) is 114 cm³/mol. The molecule has 0 spiro atoms. The van der Waals surface area contributed by atoms with Crippen LogP contribution in [0.25, 0.3) is 0 Å². The molecule has 150 valence electrons. The molecule has 0 saturated carbocycles. The normalized spacial score (nSPS) is 15.8. The van der Waals surface area contributed by atoms with E-state index in [4.69, 9.17) is 4.74 Å². The van der Waals surface area contributed by atoms with Crippen molar-refractivity contribution < 1.29 is 9.53 Å². The van der Waals surface area contributed by atoms with Crippen molar-refractivity contribution in [2.45, 2.75) is 105 Å². The number of nitrogens with zero attached hydrogens (tertiary/aromatic N) is 1. The van der Waals surface area contributed by atoms with Crippen LogP contribution in [0.15, 0.2) is 9.67 Å². The molecular weight excluding hydrogens is 429 g/mol. The van der Waals surface area contributed by atoms with Crippen LogP contribution in [0, 0.1) is 6.54 Å². The van der Waals surface area contributed by atoms with Crippen molar-refractivity contribution in [1.29, 1.82) is 0 Å². The van der Waals surface area contributed by atoms with Gasteiger partial charge in [-0.15, -0.1) is 0 Å². The molecule has 0 unspecified atom stereocenters. The molecule has 0 aliphatic carbocycles. The van der Waals surface area contributed by atoms with E-state index in [0.29, 0.717) is 6.54 Å². The second kappa shape index (κ2) is 11.6. The Morgan fingerprint density at radius 1 is 1.08 bits per heavy atom. The minimum atomic E-state index is -2.34. The second-order valence-corrected chi connectivity index (χ2v) is 22.2. The predicted octanol–water partition coefficient (Wildman–Crippen LogP) is 6.98. The van der Waals surface area contributed by atoms with Crippen LogP contribution < -0.4 is 0 Å². The number of carbonyl (C=O) groups excluding carboxylic acids is 1. The van der Waals surface area contributed by atoms with Gasteiger partial charge in [0.1, 0.15) is 0 Å². The summed E-state index contributed by atoms with van der Waals surface area (Å²) in [5.74, 6) is 0. The first kappa shape index (κ1) is 23.8. The number of carbonyl (C=O) groups is 1. The average molecular weight is 470 g/mol. The number of amides is 1. The summed E-state index contributed by atoms with van der Waals surface area (Å²) in [6.45, 7) is 16.7. The molecule has 2 radical (unpaired) electrons. The number of hydrogen-bond donors (Lipinski definition) is 0. The van der Waals surface area contributed by atoms with Crippen LogP contribution in [0.4, 0.5) is 4.79 Å². The van der Waals surface area contributed by atoms with Gasteiger partial charge in [0.25, 0.3) is 0 Å². The van der Waals surface area contributed by atoms with Gasteiger partial charge in [-0.1, -0.05) is 0 Å². The SMILES string of the molecule is CCC[CH2][Sn]([CH2]CCC)([CH2]CCC)[C]1=CCN(C(=O)OC(C)(C)C)[C]C1. The van der Waals surface area contributed by atoms with Gasteiger partial charge in [0.05, 0.1) is 0 Å². The molecule has 1 amide bonds. The quantitative estimate of drug-likeness (QED) is 0.323. The molecule has 0 aromatic heterocycles. The maximum atomic E-state index is 12.3. The summed E-state index contributed by atoms with van der Waals surface area (Å²) >= 11 is -2.34. The van der Waals surface area contributed by atoms with E-state index in [1.807, 2.05) is 20.8 Å². The van der Waals surface area contributed by atoms with E-state index < -0.39 is 24.0 Å². The van der Waals surface area contributed by atoms with Crippen molar-refractivity contribution in [3.63, 3.8) is 0 Å². The molecule has 0 aromatic carbocycles. The van der Waals surface area contributed by atoms with Gasteiger partial charge in [-0.05, 0) is 0 Å². The fourth-order valence-electron chi connectivity index (χ4n) is 3.78. The summed E-state index contributed by atoms with van der Waals surface area (Å²) in [5, 5.41) is 0. The third-order valence-corrected chi connectivity index (χ3v) is 21.5. The standard InChI is InChI=1S/C10H14NO2.3C4H9.Sn/c1-10(2,3)13-9(12)11-7-5-4-6-8-11;3*1-3-4-2;/h5H,6-7H2,1-3H3;3*1,3-4H2,2H3;. The summed E-state index contributed by atoms with van der Waals surface area (Å²) < 4.78 is 11.7. The average Bonchev–Trinajstić information content (AvgIpc) is 2.60. The number of unbranched alkanes of at least 4 members (excludes halogenated alkanes) is 3. The Labute approximate surface area is 166 Å². The number of rotatable bonds is 10. The van der Waals surface area contributed by atoms with Crippen LogP contribution >= 0.6 is 0 Å². The Bertz CT molecular complexity index is 432. The Hall–Kier alpha value is -0.191. The molecule has 0 N–H and O–H groups in total. The van der Waals surface area contributed by atoms with Gasteiger partial charge in [-0.25, -0.2) is 0 Å². The molecule has 26 heavy (non-hydrogen) atoms. The van der Waals surface area contributed by atoms with Crippen LogP contribution in [0.5, 0.6) is 0 Å². The molecule has 1 heterocycles. The van der Waals surface area contributed by atoms with Crippen molar-refractivity contribution in [2.75, 3.05) is 6.54 Å².